The fraction of sp³-hybridized carbons (Fsp3) is 0.750. The smallest absolute Gasteiger partial charge is 0.322 e. The van der Waals surface area contributed by atoms with Crippen molar-refractivity contribution >= 4 is 17.8 Å². The molecular weight excluding hydrogens is 234 g/mol. The van der Waals surface area contributed by atoms with Crippen molar-refractivity contribution in [2.45, 2.75) is 38.6 Å². The standard InChI is InChI=1S/C12H19N3O3/c1-8(2)6-9(16)15-5-3-4-12(7-15)10(17)13-11(18)14-12/h8H,3-7H2,1-2H3,(H2,13,14,17,18). The van der Waals surface area contributed by atoms with Crippen LogP contribution in [0.4, 0.5) is 4.79 Å². The zero-order chi connectivity index (χ0) is 13.3. The summed E-state index contributed by atoms with van der Waals surface area (Å²) in [6, 6.07) is -0.460. The van der Waals surface area contributed by atoms with Crippen molar-refractivity contribution in [3.63, 3.8) is 0 Å². The van der Waals surface area contributed by atoms with E-state index >= 15 is 0 Å². The molecule has 0 aromatic heterocycles. The summed E-state index contributed by atoms with van der Waals surface area (Å²) in [6.45, 7) is 4.93. The summed E-state index contributed by atoms with van der Waals surface area (Å²) in [5.41, 5.74) is -0.901. The van der Waals surface area contributed by atoms with Gasteiger partial charge in [-0.25, -0.2) is 4.79 Å². The average molecular weight is 253 g/mol. The number of hydrogen-bond acceptors (Lipinski definition) is 3. The number of carbonyl (C=O) groups excluding carboxylic acids is 3. The molecule has 4 amide bonds. The molecule has 2 N–H and O–H groups in total. The van der Waals surface area contributed by atoms with E-state index < -0.39 is 11.6 Å². The number of amides is 4. The van der Waals surface area contributed by atoms with Gasteiger partial charge in [-0.05, 0) is 18.8 Å². The Hall–Kier alpha value is -1.59. The summed E-state index contributed by atoms with van der Waals surface area (Å²) < 4.78 is 0. The van der Waals surface area contributed by atoms with Gasteiger partial charge in [0.15, 0.2) is 0 Å². The summed E-state index contributed by atoms with van der Waals surface area (Å²) in [4.78, 5) is 36.8. The van der Waals surface area contributed by atoms with Gasteiger partial charge in [-0.15, -0.1) is 0 Å². The normalized spacial score (nSPS) is 27.6. The molecule has 6 heteroatoms. The van der Waals surface area contributed by atoms with Crippen LogP contribution >= 0.6 is 0 Å². The van der Waals surface area contributed by atoms with Crippen molar-refractivity contribution in [1.82, 2.24) is 15.5 Å². The second-order valence-corrected chi connectivity index (χ2v) is 5.51. The molecule has 2 aliphatic rings. The van der Waals surface area contributed by atoms with E-state index in [2.05, 4.69) is 10.6 Å². The monoisotopic (exact) mass is 253 g/mol. The number of hydrogen-bond donors (Lipinski definition) is 2. The van der Waals surface area contributed by atoms with Crippen LogP contribution in [-0.2, 0) is 9.59 Å². The fourth-order valence-electron chi connectivity index (χ4n) is 2.56. The third-order valence-corrected chi connectivity index (χ3v) is 3.44. The highest BCUT2D eigenvalue weighted by Gasteiger charge is 2.49. The zero-order valence-electron chi connectivity index (χ0n) is 10.8. The maximum absolute atomic E-state index is 12.0. The molecule has 2 rings (SSSR count). The van der Waals surface area contributed by atoms with Crippen molar-refractivity contribution in [1.29, 1.82) is 0 Å². The Morgan fingerprint density at radius 2 is 2.17 bits per heavy atom. The zero-order valence-corrected chi connectivity index (χ0v) is 10.8. The molecule has 0 aliphatic carbocycles. The first kappa shape index (κ1) is 12.9. The number of carbonyl (C=O) groups is 3. The highest BCUT2D eigenvalue weighted by molar-refractivity contribution is 6.07. The van der Waals surface area contributed by atoms with Crippen LogP contribution in [0.5, 0.6) is 0 Å². The number of urea groups is 1. The SMILES string of the molecule is CC(C)CC(=O)N1CCCC2(C1)NC(=O)NC2=O. The lowest BCUT2D eigenvalue weighted by molar-refractivity contribution is -0.136. The molecule has 1 atom stereocenters. The number of piperidine rings is 1. The molecule has 1 unspecified atom stereocenters. The molecule has 100 valence electrons. The van der Waals surface area contributed by atoms with Crippen molar-refractivity contribution < 1.29 is 14.4 Å². The Labute approximate surface area is 106 Å². The van der Waals surface area contributed by atoms with Gasteiger partial charge in [-0.3, -0.25) is 14.9 Å². The number of rotatable bonds is 2. The van der Waals surface area contributed by atoms with Gasteiger partial charge in [-0.1, -0.05) is 13.8 Å². The highest BCUT2D eigenvalue weighted by Crippen LogP contribution is 2.25. The van der Waals surface area contributed by atoms with E-state index in [0.29, 0.717) is 25.3 Å². The van der Waals surface area contributed by atoms with E-state index in [1.807, 2.05) is 13.8 Å². The lowest BCUT2D eigenvalue weighted by Crippen LogP contribution is -2.59. The second kappa shape index (κ2) is 4.59. The highest BCUT2D eigenvalue weighted by atomic mass is 16.2. The lowest BCUT2D eigenvalue weighted by Gasteiger charge is -2.38. The molecular formula is C12H19N3O3. The maximum atomic E-state index is 12.0. The summed E-state index contributed by atoms with van der Waals surface area (Å²) >= 11 is 0. The number of nitrogens with one attached hydrogen (secondary N) is 2. The van der Waals surface area contributed by atoms with Crippen LogP contribution in [0.1, 0.15) is 33.1 Å². The largest absolute Gasteiger partial charge is 0.340 e. The summed E-state index contributed by atoms with van der Waals surface area (Å²) in [6.07, 6.45) is 1.80. The summed E-state index contributed by atoms with van der Waals surface area (Å²) in [5, 5.41) is 4.91. The van der Waals surface area contributed by atoms with Crippen LogP contribution in [-0.4, -0.2) is 41.4 Å². The molecule has 2 aliphatic heterocycles. The third-order valence-electron chi connectivity index (χ3n) is 3.44. The van der Waals surface area contributed by atoms with Crippen LogP contribution in [0.25, 0.3) is 0 Å². The molecule has 0 bridgehead atoms. The van der Waals surface area contributed by atoms with Crippen LogP contribution in [0.2, 0.25) is 0 Å². The van der Waals surface area contributed by atoms with E-state index in [1.165, 1.54) is 0 Å². The fourth-order valence-corrected chi connectivity index (χ4v) is 2.56. The molecule has 0 saturated carbocycles. The van der Waals surface area contributed by atoms with Gasteiger partial charge in [-0.2, -0.15) is 0 Å². The molecule has 0 radical (unpaired) electrons. The predicted molar refractivity (Wildman–Crippen MR) is 64.7 cm³/mol. The minimum atomic E-state index is -0.901. The van der Waals surface area contributed by atoms with Gasteiger partial charge in [0.05, 0.1) is 6.54 Å². The minimum Gasteiger partial charge on any atom is -0.340 e. The molecule has 2 fully saturated rings. The minimum absolute atomic E-state index is 0.0537. The van der Waals surface area contributed by atoms with Crippen LogP contribution in [0.3, 0.4) is 0 Å². The van der Waals surface area contributed by atoms with Crippen molar-refractivity contribution in [3.8, 4) is 0 Å². The Bertz CT molecular complexity index is 394. The van der Waals surface area contributed by atoms with Gasteiger partial charge in [0.2, 0.25) is 5.91 Å². The Balaban J connectivity index is 2.07. The first-order chi connectivity index (χ1) is 8.43. The first-order valence-corrected chi connectivity index (χ1v) is 6.34. The van der Waals surface area contributed by atoms with E-state index in [0.717, 1.165) is 6.42 Å². The van der Waals surface area contributed by atoms with E-state index in [-0.39, 0.29) is 18.4 Å². The molecule has 18 heavy (non-hydrogen) atoms. The molecule has 2 saturated heterocycles. The van der Waals surface area contributed by atoms with Gasteiger partial charge < -0.3 is 10.2 Å². The van der Waals surface area contributed by atoms with Gasteiger partial charge >= 0.3 is 6.03 Å². The summed E-state index contributed by atoms with van der Waals surface area (Å²) in [7, 11) is 0. The van der Waals surface area contributed by atoms with Gasteiger partial charge in [0.1, 0.15) is 5.54 Å². The lowest BCUT2D eigenvalue weighted by atomic mass is 9.89. The maximum Gasteiger partial charge on any atom is 0.322 e. The molecule has 0 aromatic rings. The number of imide groups is 1. The van der Waals surface area contributed by atoms with Crippen LogP contribution in [0, 0.1) is 5.92 Å². The van der Waals surface area contributed by atoms with Gasteiger partial charge in [0, 0.05) is 13.0 Å². The molecule has 0 aromatic carbocycles. The van der Waals surface area contributed by atoms with Crippen molar-refractivity contribution in [3.05, 3.63) is 0 Å². The Kier molecular flexibility index (Phi) is 3.28. The van der Waals surface area contributed by atoms with Crippen molar-refractivity contribution in [2.75, 3.05) is 13.1 Å². The molecule has 2 heterocycles. The van der Waals surface area contributed by atoms with E-state index in [4.69, 9.17) is 0 Å². The molecule has 6 nitrogen and oxygen atoms in total. The quantitative estimate of drug-likeness (QED) is 0.692. The third kappa shape index (κ3) is 2.32. The van der Waals surface area contributed by atoms with E-state index in [9.17, 15) is 14.4 Å². The average Bonchev–Trinajstić information content (AvgIpc) is 2.52. The second-order valence-electron chi connectivity index (χ2n) is 5.51. The van der Waals surface area contributed by atoms with Crippen LogP contribution in [0.15, 0.2) is 0 Å². The Morgan fingerprint density at radius 1 is 1.44 bits per heavy atom. The van der Waals surface area contributed by atoms with Gasteiger partial charge in [0.25, 0.3) is 5.91 Å². The van der Waals surface area contributed by atoms with E-state index in [1.54, 1.807) is 4.90 Å². The van der Waals surface area contributed by atoms with Crippen LogP contribution < -0.4 is 10.6 Å². The Morgan fingerprint density at radius 3 is 2.72 bits per heavy atom. The number of nitrogens with zero attached hydrogens (tertiary/aromatic N) is 1. The first-order valence-electron chi connectivity index (χ1n) is 6.34. The number of likely N-dealkylation sites (tertiary alicyclic amines) is 1. The summed E-state index contributed by atoms with van der Waals surface area (Å²) in [5.74, 6) is 0.0370. The van der Waals surface area contributed by atoms with Crippen molar-refractivity contribution in [2.24, 2.45) is 5.92 Å². The predicted octanol–water partition coefficient (Wildman–Crippen LogP) is 0.233. The molecule has 1 spiro atoms. The topological polar surface area (TPSA) is 78.5 Å².